The topological polar surface area (TPSA) is 20.2 Å². The molecule has 1 atom stereocenters. The van der Waals surface area contributed by atoms with E-state index in [1.54, 1.807) is 6.07 Å². The Morgan fingerprint density at radius 2 is 2.14 bits per heavy atom. The van der Waals surface area contributed by atoms with Gasteiger partial charge in [-0.3, -0.25) is 0 Å². The van der Waals surface area contributed by atoms with E-state index >= 15 is 0 Å². The predicted molar refractivity (Wildman–Crippen MR) is 53.8 cm³/mol. The van der Waals surface area contributed by atoms with E-state index in [1.807, 2.05) is 19.9 Å². The third kappa shape index (κ3) is 1.25. The number of halogens is 1. The molecule has 14 heavy (non-hydrogen) atoms. The minimum atomic E-state index is -0.459. The third-order valence-electron chi connectivity index (χ3n) is 3.26. The molecule has 1 nitrogen and oxygen atoms in total. The zero-order valence-electron chi connectivity index (χ0n) is 8.55. The number of aliphatic hydroxyl groups excluding tert-OH is 1. The summed E-state index contributed by atoms with van der Waals surface area (Å²) in [5.41, 5.74) is 1.28. The van der Waals surface area contributed by atoms with Crippen molar-refractivity contribution < 1.29 is 9.50 Å². The first-order valence-corrected chi connectivity index (χ1v) is 4.99. The maximum Gasteiger partial charge on any atom is 0.127 e. The van der Waals surface area contributed by atoms with Crippen molar-refractivity contribution >= 4 is 0 Å². The van der Waals surface area contributed by atoms with Gasteiger partial charge in [-0.25, -0.2) is 4.39 Å². The number of hydrogen-bond donors (Lipinski definition) is 1. The zero-order chi connectivity index (χ0) is 10.3. The van der Waals surface area contributed by atoms with E-state index in [4.69, 9.17) is 0 Å². The Balaban J connectivity index is 2.61. The highest BCUT2D eigenvalue weighted by atomic mass is 19.1. The summed E-state index contributed by atoms with van der Waals surface area (Å²) in [7, 11) is 0. The minimum Gasteiger partial charge on any atom is -0.392 e. The summed E-state index contributed by atoms with van der Waals surface area (Å²) in [6.45, 7) is 3.80. The molecular weight excluding hydrogens is 179 g/mol. The molecule has 0 amide bonds. The van der Waals surface area contributed by atoms with Crippen LogP contribution in [0.15, 0.2) is 18.2 Å². The average molecular weight is 194 g/mol. The fraction of sp³-hybridized carbons (Fsp3) is 0.500. The molecule has 1 aromatic rings. The van der Waals surface area contributed by atoms with E-state index in [0.29, 0.717) is 5.56 Å². The molecular formula is C12H15FO. The zero-order valence-corrected chi connectivity index (χ0v) is 8.55. The summed E-state index contributed by atoms with van der Waals surface area (Å²) in [5, 5.41) is 9.84. The normalized spacial score (nSPS) is 24.4. The molecule has 0 aliphatic heterocycles. The molecule has 0 spiro atoms. The van der Waals surface area contributed by atoms with Crippen molar-refractivity contribution in [1.82, 2.24) is 0 Å². The van der Waals surface area contributed by atoms with Gasteiger partial charge in [-0.15, -0.1) is 0 Å². The van der Waals surface area contributed by atoms with Crippen LogP contribution in [0.4, 0.5) is 4.39 Å². The molecule has 1 aliphatic rings. The summed E-state index contributed by atoms with van der Waals surface area (Å²) in [5.74, 6) is -0.189. The number of fused-ring (bicyclic) bond motifs is 1. The molecule has 1 unspecified atom stereocenters. The van der Waals surface area contributed by atoms with Gasteiger partial charge in [0, 0.05) is 5.41 Å². The highest BCUT2D eigenvalue weighted by Gasteiger charge is 2.37. The molecule has 2 heteroatoms. The number of rotatable bonds is 0. The van der Waals surface area contributed by atoms with Gasteiger partial charge in [0.2, 0.25) is 0 Å². The molecule has 0 radical (unpaired) electrons. The van der Waals surface area contributed by atoms with Crippen molar-refractivity contribution in [2.75, 3.05) is 0 Å². The van der Waals surface area contributed by atoms with Gasteiger partial charge in [0.05, 0.1) is 6.10 Å². The van der Waals surface area contributed by atoms with Crippen molar-refractivity contribution in [3.05, 3.63) is 35.1 Å². The van der Waals surface area contributed by atoms with Crippen LogP contribution in [0.5, 0.6) is 0 Å². The largest absolute Gasteiger partial charge is 0.392 e. The number of hydrogen-bond acceptors (Lipinski definition) is 1. The highest BCUT2D eigenvalue weighted by Crippen LogP contribution is 2.38. The van der Waals surface area contributed by atoms with Crippen LogP contribution in [0, 0.1) is 5.82 Å². The second kappa shape index (κ2) is 3.06. The van der Waals surface area contributed by atoms with Crippen molar-refractivity contribution in [3.8, 4) is 0 Å². The van der Waals surface area contributed by atoms with E-state index < -0.39 is 11.5 Å². The summed E-state index contributed by atoms with van der Waals surface area (Å²) in [4.78, 5) is 0. The SMILES string of the molecule is CC1(C)c2c(F)cccc2CCC1O. The molecule has 1 aliphatic carbocycles. The molecule has 0 aromatic heterocycles. The second-order valence-electron chi connectivity index (χ2n) is 4.55. The van der Waals surface area contributed by atoms with Crippen LogP contribution in [0.2, 0.25) is 0 Å². The molecule has 2 rings (SSSR count). The summed E-state index contributed by atoms with van der Waals surface area (Å²) < 4.78 is 13.6. The van der Waals surface area contributed by atoms with E-state index in [2.05, 4.69) is 0 Å². The molecule has 0 saturated heterocycles. The monoisotopic (exact) mass is 194 g/mol. The van der Waals surface area contributed by atoms with Crippen LogP contribution in [-0.4, -0.2) is 11.2 Å². The summed E-state index contributed by atoms with van der Waals surface area (Å²) in [6.07, 6.45) is 1.06. The molecule has 1 N–H and O–H groups in total. The Kier molecular flexibility index (Phi) is 2.11. The van der Waals surface area contributed by atoms with Crippen molar-refractivity contribution in [3.63, 3.8) is 0 Å². The fourth-order valence-corrected chi connectivity index (χ4v) is 2.32. The second-order valence-corrected chi connectivity index (χ2v) is 4.55. The summed E-state index contributed by atoms with van der Waals surface area (Å²) >= 11 is 0. The van der Waals surface area contributed by atoms with Gasteiger partial charge >= 0.3 is 0 Å². The first-order valence-electron chi connectivity index (χ1n) is 4.99. The Hall–Kier alpha value is -0.890. The van der Waals surface area contributed by atoms with Crippen LogP contribution >= 0.6 is 0 Å². The first kappa shape index (κ1) is 9.66. The van der Waals surface area contributed by atoms with Crippen LogP contribution in [0.1, 0.15) is 31.4 Å². The van der Waals surface area contributed by atoms with Gasteiger partial charge in [0.1, 0.15) is 5.82 Å². The molecule has 0 saturated carbocycles. The van der Waals surface area contributed by atoms with E-state index in [9.17, 15) is 9.50 Å². The smallest absolute Gasteiger partial charge is 0.127 e. The first-order chi connectivity index (χ1) is 6.53. The lowest BCUT2D eigenvalue weighted by molar-refractivity contribution is 0.0807. The van der Waals surface area contributed by atoms with Gasteiger partial charge in [0.15, 0.2) is 0 Å². The van der Waals surface area contributed by atoms with Crippen LogP contribution < -0.4 is 0 Å². The van der Waals surface area contributed by atoms with Gasteiger partial charge in [0.25, 0.3) is 0 Å². The van der Waals surface area contributed by atoms with Gasteiger partial charge in [-0.2, -0.15) is 0 Å². The Labute approximate surface area is 83.6 Å². The Bertz CT molecular complexity index is 357. The van der Waals surface area contributed by atoms with Crippen LogP contribution in [0.25, 0.3) is 0 Å². The van der Waals surface area contributed by atoms with E-state index in [-0.39, 0.29) is 5.82 Å². The predicted octanol–water partition coefficient (Wildman–Crippen LogP) is 2.41. The maximum absolute atomic E-state index is 13.6. The molecule has 1 aromatic carbocycles. The van der Waals surface area contributed by atoms with Crippen LogP contribution in [-0.2, 0) is 11.8 Å². The third-order valence-corrected chi connectivity index (χ3v) is 3.26. The lowest BCUT2D eigenvalue weighted by Crippen LogP contribution is -2.39. The maximum atomic E-state index is 13.6. The lowest BCUT2D eigenvalue weighted by Gasteiger charge is -2.37. The average Bonchev–Trinajstić information content (AvgIpc) is 2.11. The highest BCUT2D eigenvalue weighted by molar-refractivity contribution is 5.38. The number of benzene rings is 1. The fourth-order valence-electron chi connectivity index (χ4n) is 2.32. The quantitative estimate of drug-likeness (QED) is 0.672. The molecule has 0 fully saturated rings. The molecule has 0 heterocycles. The number of aryl methyl sites for hydroxylation is 1. The van der Waals surface area contributed by atoms with Gasteiger partial charge in [-0.05, 0) is 30.0 Å². The van der Waals surface area contributed by atoms with E-state index in [0.717, 1.165) is 18.4 Å². The van der Waals surface area contributed by atoms with Crippen LogP contribution in [0.3, 0.4) is 0 Å². The van der Waals surface area contributed by atoms with Gasteiger partial charge < -0.3 is 5.11 Å². The van der Waals surface area contributed by atoms with Crippen molar-refractivity contribution in [1.29, 1.82) is 0 Å². The Morgan fingerprint density at radius 1 is 1.43 bits per heavy atom. The number of aliphatic hydroxyl groups is 1. The van der Waals surface area contributed by atoms with Gasteiger partial charge in [-0.1, -0.05) is 26.0 Å². The van der Waals surface area contributed by atoms with Crippen molar-refractivity contribution in [2.24, 2.45) is 0 Å². The minimum absolute atomic E-state index is 0.189. The van der Waals surface area contributed by atoms with E-state index in [1.165, 1.54) is 6.07 Å². The Morgan fingerprint density at radius 3 is 2.86 bits per heavy atom. The van der Waals surface area contributed by atoms with Crippen molar-refractivity contribution in [2.45, 2.75) is 38.2 Å². The molecule has 76 valence electrons. The summed E-state index contributed by atoms with van der Waals surface area (Å²) in [6, 6.07) is 5.16. The lowest BCUT2D eigenvalue weighted by atomic mass is 9.70. The molecule has 0 bridgehead atoms. The standard InChI is InChI=1S/C12H15FO/c1-12(2)10(14)7-6-8-4-3-5-9(13)11(8)12/h3-5,10,14H,6-7H2,1-2H3.